The quantitative estimate of drug-likeness (QED) is 0.916. The lowest BCUT2D eigenvalue weighted by molar-refractivity contribution is 0.161. The Hall–Kier alpha value is -2.38. The Balaban J connectivity index is 1.57. The van der Waals surface area contributed by atoms with Crippen LogP contribution >= 0.6 is 0 Å². The SMILES string of the molecule is Cc1nc(CC2CCCN(C(=O)NC(C)c3cnn(C)c3C)C2)no1. The summed E-state index contributed by atoms with van der Waals surface area (Å²) in [5.74, 6) is 1.68. The third-order valence-electron chi connectivity index (χ3n) is 4.93. The van der Waals surface area contributed by atoms with Crippen LogP contribution in [0.1, 0.15) is 48.8 Å². The van der Waals surface area contributed by atoms with E-state index in [1.165, 1.54) is 0 Å². The standard InChI is InChI=1S/C17H26N6O2/c1-11(15-9-18-22(4)12(15)2)19-17(24)23-7-5-6-14(10-23)8-16-20-13(3)25-21-16/h9,11,14H,5-8,10H2,1-4H3,(H,19,24). The Labute approximate surface area is 147 Å². The highest BCUT2D eigenvalue weighted by atomic mass is 16.5. The summed E-state index contributed by atoms with van der Waals surface area (Å²) in [7, 11) is 1.91. The summed E-state index contributed by atoms with van der Waals surface area (Å²) < 4.78 is 6.85. The van der Waals surface area contributed by atoms with Gasteiger partial charge in [0.15, 0.2) is 5.82 Å². The summed E-state index contributed by atoms with van der Waals surface area (Å²) in [5.41, 5.74) is 2.11. The molecule has 0 radical (unpaired) electrons. The maximum Gasteiger partial charge on any atom is 0.317 e. The highest BCUT2D eigenvalue weighted by Crippen LogP contribution is 2.21. The molecular formula is C17H26N6O2. The lowest BCUT2D eigenvalue weighted by Crippen LogP contribution is -2.46. The molecule has 2 amide bonds. The summed E-state index contributed by atoms with van der Waals surface area (Å²) in [6.07, 6.45) is 4.64. The lowest BCUT2D eigenvalue weighted by Gasteiger charge is -2.33. The van der Waals surface area contributed by atoms with Crippen molar-refractivity contribution in [3.05, 3.63) is 29.2 Å². The number of aryl methyl sites for hydroxylation is 2. The molecule has 0 aromatic carbocycles. The van der Waals surface area contributed by atoms with Crippen LogP contribution in [-0.2, 0) is 13.5 Å². The fourth-order valence-corrected chi connectivity index (χ4v) is 3.39. The van der Waals surface area contributed by atoms with E-state index in [-0.39, 0.29) is 12.1 Å². The van der Waals surface area contributed by atoms with Gasteiger partial charge in [0.2, 0.25) is 5.89 Å². The van der Waals surface area contributed by atoms with Crippen molar-refractivity contribution in [2.45, 2.75) is 46.1 Å². The molecule has 8 heteroatoms. The van der Waals surface area contributed by atoms with Crippen LogP contribution in [0.5, 0.6) is 0 Å². The summed E-state index contributed by atoms with van der Waals surface area (Å²) in [4.78, 5) is 18.8. The van der Waals surface area contributed by atoms with Crippen molar-refractivity contribution in [1.82, 2.24) is 30.1 Å². The number of rotatable bonds is 4. The van der Waals surface area contributed by atoms with Crippen molar-refractivity contribution in [3.63, 3.8) is 0 Å². The van der Waals surface area contributed by atoms with Crippen LogP contribution in [0.25, 0.3) is 0 Å². The second kappa shape index (κ2) is 7.25. The fourth-order valence-electron chi connectivity index (χ4n) is 3.39. The number of amides is 2. The number of nitrogens with one attached hydrogen (secondary N) is 1. The zero-order chi connectivity index (χ0) is 18.0. The Morgan fingerprint density at radius 1 is 1.48 bits per heavy atom. The van der Waals surface area contributed by atoms with E-state index < -0.39 is 0 Å². The minimum Gasteiger partial charge on any atom is -0.340 e. The zero-order valence-electron chi connectivity index (χ0n) is 15.3. The van der Waals surface area contributed by atoms with Gasteiger partial charge in [-0.25, -0.2) is 4.79 Å². The summed E-state index contributed by atoms with van der Waals surface area (Å²) in [5, 5.41) is 11.3. The van der Waals surface area contributed by atoms with E-state index >= 15 is 0 Å². The summed E-state index contributed by atoms with van der Waals surface area (Å²) in [6.45, 7) is 7.30. The first-order valence-electron chi connectivity index (χ1n) is 8.77. The topological polar surface area (TPSA) is 89.1 Å². The number of carbonyl (C=O) groups excluding carboxylic acids is 1. The van der Waals surface area contributed by atoms with Crippen LogP contribution in [0.2, 0.25) is 0 Å². The first-order chi connectivity index (χ1) is 11.9. The maximum atomic E-state index is 12.6. The predicted molar refractivity (Wildman–Crippen MR) is 91.9 cm³/mol. The molecule has 2 aromatic heterocycles. The summed E-state index contributed by atoms with van der Waals surface area (Å²) in [6, 6.07) is -0.0915. The fraction of sp³-hybridized carbons (Fsp3) is 0.647. The normalized spacial score (nSPS) is 19.0. The number of likely N-dealkylation sites (tertiary alicyclic amines) is 1. The van der Waals surface area contributed by atoms with Gasteiger partial charge in [-0.15, -0.1) is 0 Å². The van der Waals surface area contributed by atoms with Crippen LogP contribution in [0.3, 0.4) is 0 Å². The number of hydrogen-bond donors (Lipinski definition) is 1. The van der Waals surface area contributed by atoms with Gasteiger partial charge >= 0.3 is 6.03 Å². The van der Waals surface area contributed by atoms with E-state index in [0.717, 1.165) is 49.4 Å². The van der Waals surface area contributed by atoms with E-state index in [1.807, 2.05) is 36.7 Å². The average Bonchev–Trinajstić information content (AvgIpc) is 3.14. The van der Waals surface area contributed by atoms with Gasteiger partial charge in [0.1, 0.15) is 0 Å². The molecule has 8 nitrogen and oxygen atoms in total. The van der Waals surface area contributed by atoms with Gasteiger partial charge in [-0.2, -0.15) is 10.1 Å². The van der Waals surface area contributed by atoms with Crippen LogP contribution in [-0.4, -0.2) is 43.9 Å². The lowest BCUT2D eigenvalue weighted by atomic mass is 9.94. The van der Waals surface area contributed by atoms with Crippen molar-refractivity contribution < 1.29 is 9.32 Å². The highest BCUT2D eigenvalue weighted by Gasteiger charge is 2.26. The second-order valence-corrected chi connectivity index (χ2v) is 6.87. The van der Waals surface area contributed by atoms with Crippen molar-refractivity contribution >= 4 is 6.03 Å². The third-order valence-corrected chi connectivity index (χ3v) is 4.93. The molecule has 0 bridgehead atoms. The van der Waals surface area contributed by atoms with Gasteiger partial charge in [-0.05, 0) is 32.6 Å². The van der Waals surface area contributed by atoms with Crippen LogP contribution < -0.4 is 5.32 Å². The van der Waals surface area contributed by atoms with Crippen LogP contribution in [0, 0.1) is 19.8 Å². The Kier molecular flexibility index (Phi) is 5.06. The number of urea groups is 1. The molecule has 3 heterocycles. The third kappa shape index (κ3) is 4.00. The first-order valence-corrected chi connectivity index (χ1v) is 8.77. The molecule has 0 spiro atoms. The number of nitrogens with zero attached hydrogens (tertiary/aromatic N) is 5. The monoisotopic (exact) mass is 346 g/mol. The Morgan fingerprint density at radius 2 is 2.28 bits per heavy atom. The molecule has 25 heavy (non-hydrogen) atoms. The number of hydrogen-bond acceptors (Lipinski definition) is 5. The summed E-state index contributed by atoms with van der Waals surface area (Å²) >= 11 is 0. The van der Waals surface area contributed by atoms with Gasteiger partial charge in [-0.1, -0.05) is 5.16 Å². The van der Waals surface area contributed by atoms with E-state index in [1.54, 1.807) is 6.92 Å². The van der Waals surface area contributed by atoms with Crippen molar-refractivity contribution in [3.8, 4) is 0 Å². The first kappa shape index (κ1) is 17.4. The number of piperidine rings is 1. The van der Waals surface area contributed by atoms with E-state index in [9.17, 15) is 4.79 Å². The zero-order valence-corrected chi connectivity index (χ0v) is 15.3. The predicted octanol–water partition coefficient (Wildman–Crippen LogP) is 2.15. The van der Waals surface area contributed by atoms with Crippen molar-refractivity contribution in [2.75, 3.05) is 13.1 Å². The van der Waals surface area contributed by atoms with Crippen molar-refractivity contribution in [2.24, 2.45) is 13.0 Å². The molecule has 1 saturated heterocycles. The second-order valence-electron chi connectivity index (χ2n) is 6.87. The molecule has 0 saturated carbocycles. The Morgan fingerprint density at radius 3 is 2.92 bits per heavy atom. The molecule has 2 unspecified atom stereocenters. The molecule has 1 N–H and O–H groups in total. The molecule has 0 aliphatic carbocycles. The van der Waals surface area contributed by atoms with E-state index in [0.29, 0.717) is 11.8 Å². The molecule has 136 valence electrons. The smallest absolute Gasteiger partial charge is 0.317 e. The van der Waals surface area contributed by atoms with E-state index in [4.69, 9.17) is 4.52 Å². The van der Waals surface area contributed by atoms with Gasteiger partial charge in [0.25, 0.3) is 0 Å². The van der Waals surface area contributed by atoms with Crippen LogP contribution in [0.15, 0.2) is 10.7 Å². The van der Waals surface area contributed by atoms with Gasteiger partial charge in [0, 0.05) is 44.7 Å². The molecule has 1 aliphatic rings. The number of aromatic nitrogens is 4. The number of carbonyl (C=O) groups is 1. The molecule has 2 aromatic rings. The molecular weight excluding hydrogens is 320 g/mol. The largest absolute Gasteiger partial charge is 0.340 e. The molecule has 2 atom stereocenters. The average molecular weight is 346 g/mol. The highest BCUT2D eigenvalue weighted by molar-refractivity contribution is 5.74. The van der Waals surface area contributed by atoms with Gasteiger partial charge < -0.3 is 14.7 Å². The molecule has 3 rings (SSSR count). The van der Waals surface area contributed by atoms with E-state index in [2.05, 4.69) is 20.6 Å². The molecule has 1 fully saturated rings. The van der Waals surface area contributed by atoms with Gasteiger partial charge in [-0.3, -0.25) is 4.68 Å². The maximum absolute atomic E-state index is 12.6. The van der Waals surface area contributed by atoms with Gasteiger partial charge in [0.05, 0.1) is 12.2 Å². The van der Waals surface area contributed by atoms with Crippen LogP contribution in [0.4, 0.5) is 4.79 Å². The van der Waals surface area contributed by atoms with Crippen molar-refractivity contribution in [1.29, 1.82) is 0 Å². The Bertz CT molecular complexity index is 737. The minimum absolute atomic E-state index is 0.0234. The molecule has 1 aliphatic heterocycles. The minimum atomic E-state index is -0.0681.